The minimum Gasteiger partial charge on any atom is -0.469 e. The van der Waals surface area contributed by atoms with E-state index in [0.717, 1.165) is 0 Å². The maximum absolute atomic E-state index is 12.5. The minimum absolute atomic E-state index is 0.0435. The van der Waals surface area contributed by atoms with E-state index in [1.54, 1.807) is 4.90 Å². The summed E-state index contributed by atoms with van der Waals surface area (Å²) in [6, 6.07) is 0. The molecule has 8 heteroatoms. The van der Waals surface area contributed by atoms with Gasteiger partial charge in [-0.15, -0.1) is 0 Å². The first-order chi connectivity index (χ1) is 9.97. The summed E-state index contributed by atoms with van der Waals surface area (Å²) in [7, 11) is 1.35. The maximum Gasteiger partial charge on any atom is 0.310 e. The predicted octanol–water partition coefficient (Wildman–Crippen LogP) is 1.73. The maximum atomic E-state index is 12.5. The number of likely N-dealkylation sites (tertiary alicyclic amines) is 1. The van der Waals surface area contributed by atoms with Crippen molar-refractivity contribution in [2.45, 2.75) is 12.1 Å². The minimum atomic E-state index is -0.306. The van der Waals surface area contributed by atoms with Gasteiger partial charge in [-0.2, -0.15) is 0 Å². The number of rotatable bonds is 3. The van der Waals surface area contributed by atoms with Crippen LogP contribution in [0.5, 0.6) is 0 Å². The molecule has 1 aliphatic rings. The molecule has 0 saturated carbocycles. The van der Waals surface area contributed by atoms with Crippen molar-refractivity contribution in [3.05, 3.63) is 16.9 Å². The molecule has 2 heterocycles. The van der Waals surface area contributed by atoms with Crippen LogP contribution in [0.2, 0.25) is 5.02 Å². The van der Waals surface area contributed by atoms with Crippen LogP contribution in [-0.2, 0) is 9.53 Å². The summed E-state index contributed by atoms with van der Waals surface area (Å²) >= 11 is 7.35. The van der Waals surface area contributed by atoms with E-state index in [-0.39, 0.29) is 34.4 Å². The largest absolute Gasteiger partial charge is 0.469 e. The number of amides is 1. The Balaban J connectivity index is 2.20. The zero-order chi connectivity index (χ0) is 15.6. The predicted molar refractivity (Wildman–Crippen MR) is 79.4 cm³/mol. The normalized spacial score (nSPS) is 21.4. The van der Waals surface area contributed by atoms with Crippen LogP contribution in [0.25, 0.3) is 0 Å². The molecule has 2 atom stereocenters. The summed E-state index contributed by atoms with van der Waals surface area (Å²) in [5, 5.41) is 0.700. The van der Waals surface area contributed by atoms with Gasteiger partial charge in [-0.05, 0) is 12.2 Å². The molecule has 0 aliphatic carbocycles. The van der Waals surface area contributed by atoms with Crippen LogP contribution in [0.1, 0.15) is 17.4 Å². The van der Waals surface area contributed by atoms with Crippen molar-refractivity contribution < 1.29 is 14.3 Å². The first kappa shape index (κ1) is 16.0. The molecule has 0 aromatic carbocycles. The van der Waals surface area contributed by atoms with E-state index in [1.807, 2.05) is 13.2 Å². The standard InChI is InChI=1S/C13H16ClN3O3S/c1-7-5-17(6-8(7)12(19)20-2)11(18)10-9(14)4-15-13(16-10)21-3/h4,7-8H,5-6H2,1-3H3. The van der Waals surface area contributed by atoms with Gasteiger partial charge in [-0.25, -0.2) is 9.97 Å². The number of aromatic nitrogens is 2. The molecule has 1 amide bonds. The molecule has 0 radical (unpaired) electrons. The molecule has 0 N–H and O–H groups in total. The Labute approximate surface area is 132 Å². The van der Waals surface area contributed by atoms with E-state index in [2.05, 4.69) is 9.97 Å². The number of carbonyl (C=O) groups excluding carboxylic acids is 2. The fraction of sp³-hybridized carbons (Fsp3) is 0.538. The van der Waals surface area contributed by atoms with Crippen LogP contribution in [0, 0.1) is 11.8 Å². The molecule has 1 aromatic rings. The second-order valence-corrected chi connectivity index (χ2v) is 6.05. The molecule has 1 aliphatic heterocycles. The number of methoxy groups -OCH3 is 1. The van der Waals surface area contributed by atoms with Gasteiger partial charge in [0.05, 0.1) is 24.2 Å². The molecule has 6 nitrogen and oxygen atoms in total. The Morgan fingerprint density at radius 3 is 2.81 bits per heavy atom. The van der Waals surface area contributed by atoms with Gasteiger partial charge >= 0.3 is 5.97 Å². The highest BCUT2D eigenvalue weighted by atomic mass is 35.5. The molecule has 2 unspecified atom stereocenters. The molecule has 1 saturated heterocycles. The fourth-order valence-electron chi connectivity index (χ4n) is 2.34. The van der Waals surface area contributed by atoms with Gasteiger partial charge in [0.25, 0.3) is 5.91 Å². The number of ether oxygens (including phenoxy) is 1. The lowest BCUT2D eigenvalue weighted by Gasteiger charge is -2.16. The van der Waals surface area contributed by atoms with Crippen LogP contribution in [0.4, 0.5) is 0 Å². The third-order valence-electron chi connectivity index (χ3n) is 3.51. The van der Waals surface area contributed by atoms with E-state index in [1.165, 1.54) is 25.1 Å². The van der Waals surface area contributed by atoms with Crippen molar-refractivity contribution in [1.82, 2.24) is 14.9 Å². The fourth-order valence-corrected chi connectivity index (χ4v) is 2.85. The SMILES string of the molecule is COC(=O)C1CN(C(=O)c2nc(SC)ncc2Cl)CC1C. The average molecular weight is 330 g/mol. The van der Waals surface area contributed by atoms with Gasteiger partial charge in [-0.1, -0.05) is 30.3 Å². The summed E-state index contributed by atoms with van der Waals surface area (Å²) in [5.41, 5.74) is 0.175. The lowest BCUT2D eigenvalue weighted by molar-refractivity contribution is -0.146. The number of thioether (sulfide) groups is 1. The molecule has 1 aromatic heterocycles. The first-order valence-electron chi connectivity index (χ1n) is 6.41. The van der Waals surface area contributed by atoms with Gasteiger partial charge in [0.15, 0.2) is 10.9 Å². The number of carbonyl (C=O) groups is 2. The van der Waals surface area contributed by atoms with E-state index in [4.69, 9.17) is 16.3 Å². The van der Waals surface area contributed by atoms with Crippen molar-refractivity contribution in [1.29, 1.82) is 0 Å². The van der Waals surface area contributed by atoms with Crippen LogP contribution in [0.3, 0.4) is 0 Å². The summed E-state index contributed by atoms with van der Waals surface area (Å²) in [4.78, 5) is 34.0. The second-order valence-electron chi connectivity index (χ2n) is 4.87. The number of nitrogens with zero attached hydrogens (tertiary/aromatic N) is 3. The van der Waals surface area contributed by atoms with Gasteiger partial charge in [0.2, 0.25) is 0 Å². The zero-order valence-electron chi connectivity index (χ0n) is 12.0. The third-order valence-corrected chi connectivity index (χ3v) is 4.35. The summed E-state index contributed by atoms with van der Waals surface area (Å²) < 4.78 is 4.77. The van der Waals surface area contributed by atoms with Crippen molar-refractivity contribution in [3.63, 3.8) is 0 Å². The van der Waals surface area contributed by atoms with E-state index in [0.29, 0.717) is 18.2 Å². The Kier molecular flexibility index (Phi) is 5.05. The smallest absolute Gasteiger partial charge is 0.310 e. The van der Waals surface area contributed by atoms with Crippen LogP contribution in [-0.4, -0.2) is 53.2 Å². The first-order valence-corrected chi connectivity index (χ1v) is 8.01. The van der Waals surface area contributed by atoms with Crippen LogP contribution in [0.15, 0.2) is 11.4 Å². The van der Waals surface area contributed by atoms with Crippen LogP contribution >= 0.6 is 23.4 Å². The van der Waals surface area contributed by atoms with E-state index < -0.39 is 0 Å². The second kappa shape index (κ2) is 6.62. The molecule has 1 fully saturated rings. The average Bonchev–Trinajstić information content (AvgIpc) is 2.88. The van der Waals surface area contributed by atoms with Crippen LogP contribution < -0.4 is 0 Å². The van der Waals surface area contributed by atoms with Crippen molar-refractivity contribution in [3.8, 4) is 0 Å². The molecular formula is C13H16ClN3O3S. The summed E-state index contributed by atoms with van der Waals surface area (Å²) in [5.74, 6) is -0.839. The highest BCUT2D eigenvalue weighted by Crippen LogP contribution is 2.27. The monoisotopic (exact) mass is 329 g/mol. The molecule has 0 bridgehead atoms. The Hall–Kier alpha value is -1.34. The Morgan fingerprint density at radius 2 is 2.19 bits per heavy atom. The number of hydrogen-bond acceptors (Lipinski definition) is 6. The van der Waals surface area contributed by atoms with Gasteiger partial charge in [0.1, 0.15) is 0 Å². The van der Waals surface area contributed by atoms with E-state index >= 15 is 0 Å². The van der Waals surface area contributed by atoms with E-state index in [9.17, 15) is 9.59 Å². The van der Waals surface area contributed by atoms with Gasteiger partial charge < -0.3 is 9.64 Å². The number of hydrogen-bond donors (Lipinski definition) is 0. The molecule has 114 valence electrons. The quantitative estimate of drug-likeness (QED) is 0.478. The topological polar surface area (TPSA) is 72.4 Å². The number of halogens is 1. The molecular weight excluding hydrogens is 314 g/mol. The molecule has 0 spiro atoms. The number of esters is 1. The van der Waals surface area contributed by atoms with Gasteiger partial charge in [0, 0.05) is 13.1 Å². The molecule has 2 rings (SSSR count). The van der Waals surface area contributed by atoms with Crippen molar-refractivity contribution in [2.24, 2.45) is 11.8 Å². The summed E-state index contributed by atoms with van der Waals surface area (Å²) in [6.07, 6.45) is 3.24. The Bertz CT molecular complexity index is 570. The zero-order valence-corrected chi connectivity index (χ0v) is 13.6. The summed E-state index contributed by atoms with van der Waals surface area (Å²) in [6.45, 7) is 2.72. The molecule has 21 heavy (non-hydrogen) atoms. The lowest BCUT2D eigenvalue weighted by atomic mass is 9.99. The van der Waals surface area contributed by atoms with Crippen molar-refractivity contribution >= 4 is 35.2 Å². The highest BCUT2D eigenvalue weighted by molar-refractivity contribution is 7.98. The highest BCUT2D eigenvalue weighted by Gasteiger charge is 2.38. The third kappa shape index (κ3) is 3.29. The lowest BCUT2D eigenvalue weighted by Crippen LogP contribution is -2.31. The van der Waals surface area contributed by atoms with Gasteiger partial charge in [-0.3, -0.25) is 9.59 Å². The van der Waals surface area contributed by atoms with Crippen molar-refractivity contribution in [2.75, 3.05) is 26.5 Å². The Morgan fingerprint density at radius 1 is 1.48 bits per heavy atom.